The van der Waals surface area contributed by atoms with Crippen LogP contribution in [-0.4, -0.2) is 24.2 Å². The second-order valence-corrected chi connectivity index (χ2v) is 4.45. The summed E-state index contributed by atoms with van der Waals surface area (Å²) >= 11 is 5.86. The van der Waals surface area contributed by atoms with E-state index in [2.05, 4.69) is 5.32 Å². The molecule has 3 nitrogen and oxygen atoms in total. The summed E-state index contributed by atoms with van der Waals surface area (Å²) in [5.74, 6) is -0.102. The van der Waals surface area contributed by atoms with Crippen molar-refractivity contribution in [1.82, 2.24) is 5.32 Å². The Morgan fingerprint density at radius 2 is 2.19 bits per heavy atom. The van der Waals surface area contributed by atoms with Gasteiger partial charge in [-0.05, 0) is 36.6 Å². The number of aliphatic hydroxyl groups excluding tert-OH is 1. The first-order valence-electron chi connectivity index (χ1n) is 5.19. The maximum Gasteiger partial charge on any atom is 0.251 e. The Kier molecular flexibility index (Phi) is 4.77. The van der Waals surface area contributed by atoms with Gasteiger partial charge in [-0.1, -0.05) is 18.5 Å². The molecule has 0 aliphatic carbocycles. The molecule has 0 saturated heterocycles. The molecule has 0 aliphatic heterocycles. The van der Waals surface area contributed by atoms with Crippen LogP contribution in [0, 0.1) is 12.8 Å². The molecule has 88 valence electrons. The van der Waals surface area contributed by atoms with Gasteiger partial charge in [0, 0.05) is 23.7 Å². The van der Waals surface area contributed by atoms with E-state index in [0.29, 0.717) is 17.1 Å². The van der Waals surface area contributed by atoms with E-state index in [1.165, 1.54) is 0 Å². The molecular formula is C12H16ClNO2. The van der Waals surface area contributed by atoms with Crippen LogP contribution in [-0.2, 0) is 0 Å². The van der Waals surface area contributed by atoms with Gasteiger partial charge >= 0.3 is 0 Å². The first-order valence-corrected chi connectivity index (χ1v) is 5.57. The average Bonchev–Trinajstić information content (AvgIpc) is 2.23. The highest BCUT2D eigenvalue weighted by atomic mass is 35.5. The SMILES string of the molecule is Cc1cc(Cl)cc(C(=O)NCC(C)CO)c1. The topological polar surface area (TPSA) is 49.3 Å². The standard InChI is InChI=1S/C12H16ClNO2/c1-8-3-10(5-11(13)4-8)12(16)14-6-9(2)7-15/h3-5,9,15H,6-7H2,1-2H3,(H,14,16). The molecule has 0 fully saturated rings. The van der Waals surface area contributed by atoms with Crippen molar-refractivity contribution in [3.63, 3.8) is 0 Å². The molecule has 0 spiro atoms. The van der Waals surface area contributed by atoms with Gasteiger partial charge in [-0.3, -0.25) is 4.79 Å². The quantitative estimate of drug-likeness (QED) is 0.847. The molecule has 1 aromatic carbocycles. The van der Waals surface area contributed by atoms with E-state index in [4.69, 9.17) is 16.7 Å². The highest BCUT2D eigenvalue weighted by molar-refractivity contribution is 6.31. The lowest BCUT2D eigenvalue weighted by molar-refractivity contribution is 0.0942. The average molecular weight is 242 g/mol. The molecule has 0 aliphatic rings. The van der Waals surface area contributed by atoms with E-state index < -0.39 is 0 Å². The second kappa shape index (κ2) is 5.87. The van der Waals surface area contributed by atoms with E-state index in [9.17, 15) is 4.79 Å². The van der Waals surface area contributed by atoms with Crippen molar-refractivity contribution in [2.75, 3.05) is 13.2 Å². The fourth-order valence-corrected chi connectivity index (χ4v) is 1.59. The van der Waals surface area contributed by atoms with Crippen LogP contribution in [0.2, 0.25) is 5.02 Å². The molecule has 0 bridgehead atoms. The summed E-state index contributed by atoms with van der Waals surface area (Å²) in [6.07, 6.45) is 0. The second-order valence-electron chi connectivity index (χ2n) is 4.02. The van der Waals surface area contributed by atoms with Gasteiger partial charge in [-0.15, -0.1) is 0 Å². The number of carbonyl (C=O) groups is 1. The van der Waals surface area contributed by atoms with Crippen molar-refractivity contribution in [3.05, 3.63) is 34.3 Å². The van der Waals surface area contributed by atoms with Gasteiger partial charge in [0.25, 0.3) is 5.91 Å². The summed E-state index contributed by atoms with van der Waals surface area (Å²) in [7, 11) is 0. The van der Waals surface area contributed by atoms with Gasteiger partial charge < -0.3 is 10.4 Å². The van der Waals surface area contributed by atoms with Gasteiger partial charge in [0.2, 0.25) is 0 Å². The van der Waals surface area contributed by atoms with Crippen LogP contribution in [0.25, 0.3) is 0 Å². The highest BCUT2D eigenvalue weighted by Gasteiger charge is 2.08. The van der Waals surface area contributed by atoms with Crippen molar-refractivity contribution in [2.45, 2.75) is 13.8 Å². The summed E-state index contributed by atoms with van der Waals surface area (Å²) in [5, 5.41) is 12.1. The Hall–Kier alpha value is -1.06. The fraction of sp³-hybridized carbons (Fsp3) is 0.417. The van der Waals surface area contributed by atoms with Crippen LogP contribution in [0.15, 0.2) is 18.2 Å². The zero-order valence-corrected chi connectivity index (χ0v) is 10.2. The fourth-order valence-electron chi connectivity index (χ4n) is 1.30. The molecule has 1 rings (SSSR count). The molecule has 0 aromatic heterocycles. The maximum absolute atomic E-state index is 11.7. The number of carbonyl (C=O) groups excluding carboxylic acids is 1. The van der Waals surface area contributed by atoms with E-state index >= 15 is 0 Å². The Bertz CT molecular complexity index is 359. The third-order valence-electron chi connectivity index (χ3n) is 2.23. The third kappa shape index (κ3) is 3.83. The predicted molar refractivity (Wildman–Crippen MR) is 64.8 cm³/mol. The molecule has 2 N–H and O–H groups in total. The smallest absolute Gasteiger partial charge is 0.251 e. The number of halogens is 1. The number of amides is 1. The normalized spacial score (nSPS) is 12.2. The Morgan fingerprint density at radius 3 is 2.75 bits per heavy atom. The van der Waals surface area contributed by atoms with Crippen molar-refractivity contribution < 1.29 is 9.90 Å². The predicted octanol–water partition coefficient (Wildman–Crippen LogP) is 2.01. The van der Waals surface area contributed by atoms with Crippen molar-refractivity contribution in [1.29, 1.82) is 0 Å². The maximum atomic E-state index is 11.7. The minimum absolute atomic E-state index is 0.0595. The van der Waals surface area contributed by atoms with E-state index in [-0.39, 0.29) is 18.4 Å². The van der Waals surface area contributed by atoms with Crippen LogP contribution >= 0.6 is 11.6 Å². The first-order chi connectivity index (χ1) is 7.52. The van der Waals surface area contributed by atoms with Gasteiger partial charge in [-0.25, -0.2) is 0 Å². The minimum atomic E-state index is -0.161. The number of aryl methyl sites for hydroxylation is 1. The molecule has 1 amide bonds. The Labute approximate surface area is 100 Å². The minimum Gasteiger partial charge on any atom is -0.396 e. The number of hydrogen-bond donors (Lipinski definition) is 2. The lowest BCUT2D eigenvalue weighted by Crippen LogP contribution is -2.29. The summed E-state index contributed by atoms with van der Waals surface area (Å²) in [6.45, 7) is 4.28. The van der Waals surface area contributed by atoms with E-state index in [1.807, 2.05) is 13.8 Å². The number of benzene rings is 1. The number of rotatable bonds is 4. The summed E-state index contributed by atoms with van der Waals surface area (Å²) in [5.41, 5.74) is 1.50. The van der Waals surface area contributed by atoms with Gasteiger partial charge in [0.1, 0.15) is 0 Å². The lowest BCUT2D eigenvalue weighted by Gasteiger charge is -2.10. The highest BCUT2D eigenvalue weighted by Crippen LogP contribution is 2.14. The van der Waals surface area contributed by atoms with Gasteiger partial charge in [0.15, 0.2) is 0 Å². The van der Waals surface area contributed by atoms with E-state index in [1.54, 1.807) is 18.2 Å². The van der Waals surface area contributed by atoms with Crippen LogP contribution in [0.1, 0.15) is 22.8 Å². The zero-order chi connectivity index (χ0) is 12.1. The Balaban J connectivity index is 2.66. The molecule has 4 heteroatoms. The van der Waals surface area contributed by atoms with Crippen molar-refractivity contribution >= 4 is 17.5 Å². The molecule has 16 heavy (non-hydrogen) atoms. The number of nitrogens with one attached hydrogen (secondary N) is 1. The van der Waals surface area contributed by atoms with Gasteiger partial charge in [0.05, 0.1) is 0 Å². The largest absolute Gasteiger partial charge is 0.396 e. The lowest BCUT2D eigenvalue weighted by atomic mass is 10.1. The first kappa shape index (κ1) is 13.0. The molecular weight excluding hydrogens is 226 g/mol. The summed E-state index contributed by atoms with van der Waals surface area (Å²) in [4.78, 5) is 11.7. The third-order valence-corrected chi connectivity index (χ3v) is 2.45. The summed E-state index contributed by atoms with van der Waals surface area (Å²) < 4.78 is 0. The van der Waals surface area contributed by atoms with Crippen molar-refractivity contribution in [3.8, 4) is 0 Å². The van der Waals surface area contributed by atoms with Crippen LogP contribution < -0.4 is 5.32 Å². The van der Waals surface area contributed by atoms with Gasteiger partial charge in [-0.2, -0.15) is 0 Å². The van der Waals surface area contributed by atoms with Crippen LogP contribution in [0.5, 0.6) is 0 Å². The number of hydrogen-bond acceptors (Lipinski definition) is 2. The van der Waals surface area contributed by atoms with Crippen molar-refractivity contribution in [2.24, 2.45) is 5.92 Å². The number of aliphatic hydroxyl groups is 1. The zero-order valence-electron chi connectivity index (χ0n) is 9.46. The molecule has 1 unspecified atom stereocenters. The van der Waals surface area contributed by atoms with Crippen LogP contribution in [0.3, 0.4) is 0 Å². The monoisotopic (exact) mass is 241 g/mol. The summed E-state index contributed by atoms with van der Waals surface area (Å²) in [6, 6.07) is 5.22. The molecule has 0 heterocycles. The molecule has 1 aromatic rings. The molecule has 1 atom stereocenters. The van der Waals surface area contributed by atoms with Crippen LogP contribution in [0.4, 0.5) is 0 Å². The van der Waals surface area contributed by atoms with E-state index in [0.717, 1.165) is 5.56 Å². The molecule has 0 saturated carbocycles. The Morgan fingerprint density at radius 1 is 1.50 bits per heavy atom. The molecule has 0 radical (unpaired) electrons.